The number of hydrogen-bond donors (Lipinski definition) is 2. The van der Waals surface area contributed by atoms with Crippen molar-refractivity contribution in [1.29, 1.82) is 0 Å². The van der Waals surface area contributed by atoms with Gasteiger partial charge < -0.3 is 10.3 Å². The minimum Gasteiger partial charge on any atom is -0.377 e. The molecule has 0 atom stereocenters. The number of halogens is 3. The molecule has 1 aromatic carbocycles. The third-order valence-corrected chi connectivity index (χ3v) is 2.64. The van der Waals surface area contributed by atoms with Crippen LogP contribution in [0.5, 0.6) is 0 Å². The van der Waals surface area contributed by atoms with Crippen LogP contribution in [0, 0.1) is 11.6 Å². The Labute approximate surface area is 99.0 Å². The lowest BCUT2D eigenvalue weighted by Crippen LogP contribution is -2.02. The van der Waals surface area contributed by atoms with E-state index in [4.69, 9.17) is 0 Å². The van der Waals surface area contributed by atoms with E-state index in [2.05, 4.69) is 31.2 Å². The van der Waals surface area contributed by atoms with Crippen molar-refractivity contribution >= 4 is 21.6 Å². The minimum absolute atomic E-state index is 0.108. The average Bonchev–Trinajstić information content (AvgIpc) is 2.74. The van der Waals surface area contributed by atoms with E-state index in [1.807, 2.05) is 0 Å². The Hall–Kier alpha value is -1.43. The number of aromatic nitrogens is 2. The summed E-state index contributed by atoms with van der Waals surface area (Å²) in [5, 5.41) is 2.78. The zero-order valence-corrected chi connectivity index (χ0v) is 9.68. The molecule has 0 spiro atoms. The Balaban J connectivity index is 2.12. The first kappa shape index (κ1) is 11.1. The number of benzene rings is 1. The second-order valence-corrected chi connectivity index (χ2v) is 4.03. The Bertz CT molecular complexity index is 485. The van der Waals surface area contributed by atoms with E-state index >= 15 is 0 Å². The number of nitrogens with zero attached hydrogens (tertiary/aromatic N) is 1. The Morgan fingerprint density at radius 2 is 2.12 bits per heavy atom. The highest BCUT2D eigenvalue weighted by Crippen LogP contribution is 2.23. The van der Waals surface area contributed by atoms with Gasteiger partial charge >= 0.3 is 0 Å². The molecule has 6 heteroatoms. The molecule has 0 bridgehead atoms. The Morgan fingerprint density at radius 1 is 1.31 bits per heavy atom. The maximum absolute atomic E-state index is 13.4. The highest BCUT2D eigenvalue weighted by Gasteiger charge is 2.07. The van der Waals surface area contributed by atoms with Gasteiger partial charge in [0.1, 0.15) is 11.6 Å². The Morgan fingerprint density at radius 3 is 2.81 bits per heavy atom. The fraction of sp³-hybridized carbons (Fsp3) is 0.100. The molecule has 0 fully saturated rings. The monoisotopic (exact) mass is 287 g/mol. The zero-order valence-electron chi connectivity index (χ0n) is 8.10. The van der Waals surface area contributed by atoms with Crippen LogP contribution in [0.4, 0.5) is 14.5 Å². The molecule has 2 N–H and O–H groups in total. The standard InChI is InChI=1S/C10H8BrF2N3/c11-7-1-9(13)10(2-8(7)12)15-4-6-3-14-5-16-6/h1-3,5,15H,4H2,(H,14,16). The maximum Gasteiger partial charge on any atom is 0.147 e. The molecule has 0 amide bonds. The molecule has 1 heterocycles. The van der Waals surface area contributed by atoms with Crippen LogP contribution in [-0.4, -0.2) is 9.97 Å². The van der Waals surface area contributed by atoms with Crippen LogP contribution in [0.15, 0.2) is 29.1 Å². The van der Waals surface area contributed by atoms with Gasteiger partial charge in [-0.05, 0) is 22.0 Å². The second-order valence-electron chi connectivity index (χ2n) is 3.18. The zero-order chi connectivity index (χ0) is 11.5. The first-order chi connectivity index (χ1) is 7.66. The van der Waals surface area contributed by atoms with Crippen molar-refractivity contribution in [2.45, 2.75) is 6.54 Å². The first-order valence-electron chi connectivity index (χ1n) is 4.52. The van der Waals surface area contributed by atoms with Crippen molar-refractivity contribution < 1.29 is 8.78 Å². The van der Waals surface area contributed by atoms with Crippen molar-refractivity contribution in [3.63, 3.8) is 0 Å². The molecule has 0 unspecified atom stereocenters. The van der Waals surface area contributed by atoms with Gasteiger partial charge in [-0.2, -0.15) is 0 Å². The molecular weight excluding hydrogens is 280 g/mol. The molecular formula is C10H8BrF2N3. The van der Waals surface area contributed by atoms with E-state index in [0.29, 0.717) is 6.54 Å². The fourth-order valence-corrected chi connectivity index (χ4v) is 1.55. The summed E-state index contributed by atoms with van der Waals surface area (Å²) in [6, 6.07) is 2.19. The first-order valence-corrected chi connectivity index (χ1v) is 5.32. The molecule has 84 valence electrons. The smallest absolute Gasteiger partial charge is 0.147 e. The number of rotatable bonds is 3. The summed E-state index contributed by atoms with van der Waals surface area (Å²) < 4.78 is 26.6. The normalized spacial score (nSPS) is 10.4. The third-order valence-electron chi connectivity index (χ3n) is 2.03. The summed E-state index contributed by atoms with van der Waals surface area (Å²) in [5.41, 5.74) is 0.915. The van der Waals surface area contributed by atoms with Crippen molar-refractivity contribution in [3.05, 3.63) is 46.5 Å². The second kappa shape index (κ2) is 4.61. The quantitative estimate of drug-likeness (QED) is 0.852. The van der Waals surface area contributed by atoms with Gasteiger partial charge in [0.2, 0.25) is 0 Å². The van der Waals surface area contributed by atoms with Crippen molar-refractivity contribution in [3.8, 4) is 0 Å². The predicted octanol–water partition coefficient (Wildman–Crippen LogP) is 3.06. The summed E-state index contributed by atoms with van der Waals surface area (Å²) in [4.78, 5) is 6.67. The number of aromatic amines is 1. The topological polar surface area (TPSA) is 40.7 Å². The molecule has 0 aliphatic carbocycles. The van der Waals surface area contributed by atoms with Crippen molar-refractivity contribution in [2.24, 2.45) is 0 Å². The molecule has 0 radical (unpaired) electrons. The van der Waals surface area contributed by atoms with Gasteiger partial charge in [0.25, 0.3) is 0 Å². The lowest BCUT2D eigenvalue weighted by Gasteiger charge is -2.07. The van der Waals surface area contributed by atoms with Crippen molar-refractivity contribution in [2.75, 3.05) is 5.32 Å². The highest BCUT2D eigenvalue weighted by atomic mass is 79.9. The minimum atomic E-state index is -0.507. The van der Waals surface area contributed by atoms with Crippen LogP contribution in [0.1, 0.15) is 5.69 Å². The number of nitrogens with one attached hydrogen (secondary N) is 2. The van der Waals surface area contributed by atoms with Gasteiger partial charge in [0.05, 0.1) is 28.7 Å². The maximum atomic E-state index is 13.4. The summed E-state index contributed by atoms with van der Waals surface area (Å²) in [6.45, 7) is 0.359. The van der Waals surface area contributed by atoms with Gasteiger partial charge in [-0.25, -0.2) is 13.8 Å². The largest absolute Gasteiger partial charge is 0.377 e. The fourth-order valence-electron chi connectivity index (χ4n) is 1.23. The van der Waals surface area contributed by atoms with E-state index < -0.39 is 11.6 Å². The number of hydrogen-bond acceptors (Lipinski definition) is 2. The summed E-state index contributed by atoms with van der Waals surface area (Å²) in [6.07, 6.45) is 3.13. The van der Waals surface area contributed by atoms with Crippen LogP contribution in [0.2, 0.25) is 0 Å². The average molecular weight is 288 g/mol. The summed E-state index contributed by atoms with van der Waals surface area (Å²) >= 11 is 2.91. The van der Waals surface area contributed by atoms with Gasteiger partial charge in [-0.3, -0.25) is 0 Å². The van der Waals surface area contributed by atoms with Crippen LogP contribution in [-0.2, 0) is 6.54 Å². The van der Waals surface area contributed by atoms with E-state index in [0.717, 1.165) is 17.8 Å². The SMILES string of the molecule is Fc1cc(NCc2cnc[nH]2)c(F)cc1Br. The molecule has 0 aliphatic rings. The highest BCUT2D eigenvalue weighted by molar-refractivity contribution is 9.10. The molecule has 2 rings (SSSR count). The molecule has 2 aromatic rings. The van der Waals surface area contributed by atoms with E-state index in [1.54, 1.807) is 6.20 Å². The molecule has 0 saturated heterocycles. The van der Waals surface area contributed by atoms with E-state index in [-0.39, 0.29) is 10.2 Å². The summed E-state index contributed by atoms with van der Waals surface area (Å²) in [5.74, 6) is -1.01. The Kier molecular flexibility index (Phi) is 3.19. The van der Waals surface area contributed by atoms with Gasteiger partial charge in [-0.15, -0.1) is 0 Å². The molecule has 1 aromatic heterocycles. The number of anilines is 1. The van der Waals surface area contributed by atoms with Crippen LogP contribution in [0.3, 0.4) is 0 Å². The third kappa shape index (κ3) is 2.38. The van der Waals surface area contributed by atoms with Crippen LogP contribution < -0.4 is 5.32 Å². The lowest BCUT2D eigenvalue weighted by atomic mass is 10.3. The molecule has 16 heavy (non-hydrogen) atoms. The van der Waals surface area contributed by atoms with Gasteiger partial charge in [-0.1, -0.05) is 0 Å². The van der Waals surface area contributed by atoms with E-state index in [1.165, 1.54) is 6.33 Å². The number of imidazole rings is 1. The van der Waals surface area contributed by atoms with Crippen molar-refractivity contribution in [1.82, 2.24) is 9.97 Å². The number of H-pyrrole nitrogens is 1. The predicted molar refractivity (Wildman–Crippen MR) is 60.0 cm³/mol. The lowest BCUT2D eigenvalue weighted by molar-refractivity contribution is 0.596. The molecule has 0 aliphatic heterocycles. The van der Waals surface area contributed by atoms with Gasteiger partial charge in [0.15, 0.2) is 0 Å². The van der Waals surface area contributed by atoms with Gasteiger partial charge in [0, 0.05) is 12.3 Å². The molecule has 3 nitrogen and oxygen atoms in total. The molecule has 0 saturated carbocycles. The van der Waals surface area contributed by atoms with Crippen LogP contribution >= 0.6 is 15.9 Å². The van der Waals surface area contributed by atoms with E-state index in [9.17, 15) is 8.78 Å². The van der Waals surface area contributed by atoms with Crippen LogP contribution in [0.25, 0.3) is 0 Å². The summed E-state index contributed by atoms with van der Waals surface area (Å²) in [7, 11) is 0.